The quantitative estimate of drug-likeness (QED) is 0.179. The lowest BCUT2D eigenvalue weighted by molar-refractivity contribution is -0.124. The third-order valence-corrected chi connectivity index (χ3v) is 5.13. The van der Waals surface area contributed by atoms with Gasteiger partial charge in [-0.05, 0) is 53.4 Å². The van der Waals surface area contributed by atoms with Gasteiger partial charge in [0.2, 0.25) is 5.91 Å². The van der Waals surface area contributed by atoms with Crippen molar-refractivity contribution in [2.75, 3.05) is 39.5 Å². The molecule has 8 nitrogen and oxygen atoms in total. The zero-order chi connectivity index (χ0) is 28.4. The molecule has 0 rings (SSSR count). The smallest absolute Gasteiger partial charge is 0.407 e. The molecule has 210 valence electrons. The number of ether oxygens (including phenoxy) is 3. The fourth-order valence-corrected chi connectivity index (χ4v) is 3.34. The molecule has 2 radical (unpaired) electrons. The predicted molar refractivity (Wildman–Crippen MR) is 151 cm³/mol. The summed E-state index contributed by atoms with van der Waals surface area (Å²) in [5.41, 5.74) is -1.42. The van der Waals surface area contributed by atoms with Crippen LogP contribution in [0.15, 0.2) is 0 Å². The predicted octanol–water partition coefficient (Wildman–Crippen LogP) is 3.89. The van der Waals surface area contributed by atoms with Gasteiger partial charge in [0.15, 0.2) is 0 Å². The molecule has 3 N–H and O–H groups in total. The van der Waals surface area contributed by atoms with E-state index in [1.54, 1.807) is 0 Å². The van der Waals surface area contributed by atoms with Crippen LogP contribution < -0.4 is 16.0 Å². The Morgan fingerprint density at radius 2 is 1.42 bits per heavy atom. The van der Waals surface area contributed by atoms with Crippen LogP contribution in [-0.2, 0) is 19.0 Å². The number of hydrogen-bond acceptors (Lipinski definition) is 7. The van der Waals surface area contributed by atoms with Crippen molar-refractivity contribution in [2.45, 2.75) is 110 Å². The Balaban J connectivity index is 4.46. The Kier molecular flexibility index (Phi) is 13.9. The minimum Gasteiger partial charge on any atom is -0.444 e. The van der Waals surface area contributed by atoms with Crippen molar-refractivity contribution in [1.29, 1.82) is 0 Å². The SMILES string of the molecule is [B]C(C)(CNC(C)C)COCC(C)(C)NC(=O)CC(C)(S)COCC(C)(C)CNC(=O)OC(C)(C)C. The van der Waals surface area contributed by atoms with Gasteiger partial charge in [-0.3, -0.25) is 4.79 Å². The van der Waals surface area contributed by atoms with Crippen LogP contribution in [0.2, 0.25) is 5.31 Å². The highest BCUT2D eigenvalue weighted by atomic mass is 32.1. The minimum absolute atomic E-state index is 0.132. The van der Waals surface area contributed by atoms with Gasteiger partial charge in [0, 0.05) is 35.8 Å². The van der Waals surface area contributed by atoms with Crippen LogP contribution in [0.25, 0.3) is 0 Å². The highest BCUT2D eigenvalue weighted by molar-refractivity contribution is 7.81. The normalized spacial score (nSPS) is 16.2. The first-order chi connectivity index (χ1) is 16.0. The van der Waals surface area contributed by atoms with Crippen LogP contribution in [0.1, 0.15) is 82.6 Å². The third-order valence-electron chi connectivity index (χ3n) is 4.84. The van der Waals surface area contributed by atoms with E-state index >= 15 is 0 Å². The van der Waals surface area contributed by atoms with Crippen LogP contribution in [-0.4, -0.2) is 81.3 Å². The Labute approximate surface area is 226 Å². The van der Waals surface area contributed by atoms with E-state index in [1.165, 1.54) is 0 Å². The van der Waals surface area contributed by atoms with Gasteiger partial charge in [0.25, 0.3) is 0 Å². The second kappa shape index (κ2) is 14.3. The van der Waals surface area contributed by atoms with Gasteiger partial charge in [-0.15, -0.1) is 0 Å². The number of carbonyl (C=O) groups excluding carboxylic acids is 2. The monoisotopic (exact) mass is 529 g/mol. The number of nitrogens with one attached hydrogen (secondary N) is 3. The largest absolute Gasteiger partial charge is 0.444 e. The lowest BCUT2D eigenvalue weighted by Gasteiger charge is -2.32. The van der Waals surface area contributed by atoms with Crippen LogP contribution in [0.3, 0.4) is 0 Å². The fourth-order valence-electron chi connectivity index (χ4n) is 3.11. The fraction of sp³-hybridized carbons (Fsp3) is 0.923. The van der Waals surface area contributed by atoms with E-state index in [2.05, 4.69) is 42.4 Å². The summed E-state index contributed by atoms with van der Waals surface area (Å²) in [7, 11) is 6.29. The molecule has 0 aromatic heterocycles. The van der Waals surface area contributed by atoms with Crippen LogP contribution in [0, 0.1) is 5.41 Å². The van der Waals surface area contributed by atoms with Crippen molar-refractivity contribution in [3.8, 4) is 0 Å². The molecule has 0 fully saturated rings. The third kappa shape index (κ3) is 19.2. The molecule has 0 saturated heterocycles. The Hall–Kier alpha value is -0.965. The summed E-state index contributed by atoms with van der Waals surface area (Å²) in [6, 6.07) is 0.350. The van der Waals surface area contributed by atoms with E-state index in [-0.39, 0.29) is 24.3 Å². The van der Waals surface area contributed by atoms with Gasteiger partial charge in [0.1, 0.15) is 5.60 Å². The summed E-state index contributed by atoms with van der Waals surface area (Å²) in [5.74, 6) is -0.132. The van der Waals surface area contributed by atoms with Crippen LogP contribution in [0.4, 0.5) is 4.79 Å². The number of thiol groups is 1. The Morgan fingerprint density at radius 1 is 0.861 bits per heavy atom. The first-order valence-corrected chi connectivity index (χ1v) is 13.2. The Morgan fingerprint density at radius 3 is 1.94 bits per heavy atom. The standard InChI is InChI=1S/C26H52BN3O5S/c1-19(2)28-14-25(10,27)17-34-16-24(8,9)30-20(31)12-26(11,36)18-33-15-23(6,7)13-29-21(32)35-22(3,4)5/h19,28,36H,12-18H2,1-11H3,(H,29,32)(H,30,31). The topological polar surface area (TPSA) is 97.9 Å². The molecule has 2 unspecified atom stereocenters. The average Bonchev–Trinajstić information content (AvgIpc) is 2.61. The lowest BCUT2D eigenvalue weighted by atomic mass is 9.71. The summed E-state index contributed by atoms with van der Waals surface area (Å²) in [6.45, 7) is 23.6. The second-order valence-electron chi connectivity index (χ2n) is 13.3. The number of hydrogen-bond donors (Lipinski definition) is 4. The zero-order valence-corrected chi connectivity index (χ0v) is 25.5. The van der Waals surface area contributed by atoms with E-state index < -0.39 is 27.3 Å². The minimum atomic E-state index is -0.659. The van der Waals surface area contributed by atoms with E-state index in [0.717, 1.165) is 0 Å². The molecule has 0 bridgehead atoms. The molecule has 0 aliphatic heterocycles. The van der Waals surface area contributed by atoms with Crippen molar-refractivity contribution >= 4 is 32.5 Å². The van der Waals surface area contributed by atoms with Crippen LogP contribution in [0.5, 0.6) is 0 Å². The molecule has 0 heterocycles. The number of alkyl carbamates (subject to hydrolysis) is 1. The van der Waals surface area contributed by atoms with E-state index in [4.69, 9.17) is 22.1 Å². The van der Waals surface area contributed by atoms with E-state index in [0.29, 0.717) is 39.0 Å². The maximum atomic E-state index is 12.7. The molecule has 0 spiro atoms. The number of amides is 2. The first-order valence-electron chi connectivity index (χ1n) is 12.7. The summed E-state index contributed by atoms with van der Waals surface area (Å²) < 4.78 is 16.3. The molecule has 0 aromatic carbocycles. The molecule has 0 aliphatic rings. The van der Waals surface area contributed by atoms with Crippen molar-refractivity contribution < 1.29 is 23.8 Å². The van der Waals surface area contributed by atoms with Gasteiger partial charge < -0.3 is 30.2 Å². The molecular weight excluding hydrogens is 477 g/mol. The van der Waals surface area contributed by atoms with Gasteiger partial charge >= 0.3 is 6.09 Å². The van der Waals surface area contributed by atoms with Gasteiger partial charge in [-0.1, -0.05) is 34.6 Å². The van der Waals surface area contributed by atoms with Gasteiger partial charge in [0.05, 0.1) is 33.2 Å². The molecule has 36 heavy (non-hydrogen) atoms. The molecule has 2 atom stereocenters. The van der Waals surface area contributed by atoms with Crippen molar-refractivity contribution in [3.63, 3.8) is 0 Å². The summed E-state index contributed by atoms with van der Waals surface area (Å²) in [6.07, 6.45) is -0.274. The number of carbonyl (C=O) groups is 2. The van der Waals surface area contributed by atoms with E-state index in [9.17, 15) is 9.59 Å². The van der Waals surface area contributed by atoms with Crippen LogP contribution >= 0.6 is 12.6 Å². The summed E-state index contributed by atoms with van der Waals surface area (Å²) >= 11 is 4.65. The molecule has 0 aliphatic carbocycles. The molecule has 0 aromatic rings. The second-order valence-corrected chi connectivity index (χ2v) is 14.4. The average molecular weight is 530 g/mol. The molecular formula is C26H52BN3O5S. The van der Waals surface area contributed by atoms with Gasteiger partial charge in [-0.2, -0.15) is 12.6 Å². The highest BCUT2D eigenvalue weighted by Crippen LogP contribution is 2.23. The maximum absolute atomic E-state index is 12.7. The van der Waals surface area contributed by atoms with Gasteiger partial charge in [-0.25, -0.2) is 4.79 Å². The summed E-state index contributed by atoms with van der Waals surface area (Å²) in [5, 5.41) is 8.62. The maximum Gasteiger partial charge on any atom is 0.407 e. The van der Waals surface area contributed by atoms with E-state index in [1.807, 2.05) is 62.3 Å². The first kappa shape index (κ1) is 35.0. The molecule has 10 heteroatoms. The molecule has 2 amide bonds. The lowest BCUT2D eigenvalue weighted by Crippen LogP contribution is -2.49. The Bertz CT molecular complexity index is 692. The summed E-state index contributed by atoms with van der Waals surface area (Å²) in [4.78, 5) is 24.6. The van der Waals surface area contributed by atoms with Crippen molar-refractivity contribution in [2.24, 2.45) is 5.41 Å². The highest BCUT2D eigenvalue weighted by Gasteiger charge is 2.30. The number of rotatable bonds is 16. The molecule has 0 saturated carbocycles. The zero-order valence-electron chi connectivity index (χ0n) is 24.6. The van der Waals surface area contributed by atoms with Crippen molar-refractivity contribution in [1.82, 2.24) is 16.0 Å². The van der Waals surface area contributed by atoms with Crippen molar-refractivity contribution in [3.05, 3.63) is 0 Å².